The lowest BCUT2D eigenvalue weighted by atomic mass is 9.85. The number of amides is 2. The van der Waals surface area contributed by atoms with E-state index in [1.54, 1.807) is 13.8 Å². The van der Waals surface area contributed by atoms with Crippen LogP contribution in [0.2, 0.25) is 0 Å². The summed E-state index contributed by atoms with van der Waals surface area (Å²) < 4.78 is 12.3. The fourth-order valence-electron chi connectivity index (χ4n) is 5.71. The number of hydrogen-bond donors (Lipinski definition) is 4. The molecule has 42 heavy (non-hydrogen) atoms. The van der Waals surface area contributed by atoms with Crippen LogP contribution in [-0.4, -0.2) is 84.1 Å². The summed E-state index contributed by atoms with van der Waals surface area (Å²) in [6.07, 6.45) is 0.722. The lowest BCUT2D eigenvalue weighted by Gasteiger charge is -2.42. The number of ether oxygens (including phenoxy) is 2. The van der Waals surface area contributed by atoms with Crippen molar-refractivity contribution in [3.8, 4) is 0 Å². The van der Waals surface area contributed by atoms with E-state index in [0.29, 0.717) is 44.4 Å². The third kappa shape index (κ3) is 7.38. The molecular weight excluding hydrogens is 534 g/mol. The maximum atomic E-state index is 12.5. The van der Waals surface area contributed by atoms with Crippen LogP contribution in [0.5, 0.6) is 0 Å². The van der Waals surface area contributed by atoms with Gasteiger partial charge >= 0.3 is 0 Å². The van der Waals surface area contributed by atoms with Crippen molar-refractivity contribution in [1.82, 2.24) is 15.5 Å². The van der Waals surface area contributed by atoms with E-state index in [-0.39, 0.29) is 11.8 Å². The Morgan fingerprint density at radius 1 is 1.10 bits per heavy atom. The SMILES string of the molecule is Cc1ccc([C@@]23OC[C@@](C)(C[C@H](O)[C@H]2O)O3)cc1Cc1ccc(CCCC(=O)NC(C)(C)C(=O)NCCN(C)C)cc1. The Labute approximate surface area is 249 Å². The van der Waals surface area contributed by atoms with Gasteiger partial charge in [0.25, 0.3) is 0 Å². The largest absolute Gasteiger partial charge is 0.390 e. The van der Waals surface area contributed by atoms with Crippen LogP contribution in [0.1, 0.15) is 67.9 Å². The molecule has 2 saturated heterocycles. The Bertz CT molecular complexity index is 1260. The third-order valence-electron chi connectivity index (χ3n) is 8.29. The van der Waals surface area contributed by atoms with Crippen molar-refractivity contribution in [3.63, 3.8) is 0 Å². The number of aryl methyl sites for hydroxylation is 2. The molecule has 2 amide bonds. The molecule has 2 aliphatic heterocycles. The second-order valence-electron chi connectivity index (χ2n) is 12.9. The van der Waals surface area contributed by atoms with Crippen molar-refractivity contribution in [3.05, 3.63) is 70.3 Å². The number of aliphatic hydroxyl groups is 2. The number of nitrogens with zero attached hydrogens (tertiary/aromatic N) is 1. The van der Waals surface area contributed by atoms with Gasteiger partial charge in [-0.15, -0.1) is 0 Å². The first-order valence-corrected chi connectivity index (χ1v) is 14.9. The van der Waals surface area contributed by atoms with Gasteiger partial charge in [-0.05, 0) is 89.4 Å². The first kappa shape index (κ1) is 32.1. The zero-order chi connectivity index (χ0) is 30.7. The highest BCUT2D eigenvalue weighted by Crippen LogP contribution is 2.49. The molecule has 4 N–H and O–H groups in total. The van der Waals surface area contributed by atoms with Gasteiger partial charge in [0.05, 0.1) is 18.3 Å². The van der Waals surface area contributed by atoms with E-state index >= 15 is 0 Å². The van der Waals surface area contributed by atoms with E-state index in [2.05, 4.69) is 41.8 Å². The maximum Gasteiger partial charge on any atom is 0.245 e. The van der Waals surface area contributed by atoms with Gasteiger partial charge in [0.15, 0.2) is 0 Å². The van der Waals surface area contributed by atoms with E-state index in [0.717, 1.165) is 35.2 Å². The van der Waals surface area contributed by atoms with Crippen LogP contribution in [0, 0.1) is 6.92 Å². The van der Waals surface area contributed by atoms with Crippen LogP contribution in [0.3, 0.4) is 0 Å². The number of aliphatic hydroxyl groups excluding tert-OH is 2. The topological polar surface area (TPSA) is 120 Å². The first-order valence-electron chi connectivity index (χ1n) is 14.9. The molecule has 0 aromatic heterocycles. The van der Waals surface area contributed by atoms with Crippen LogP contribution in [0.4, 0.5) is 0 Å². The molecule has 2 fully saturated rings. The summed E-state index contributed by atoms with van der Waals surface area (Å²) in [5.74, 6) is -1.70. The molecule has 9 nitrogen and oxygen atoms in total. The van der Waals surface area contributed by atoms with Crippen LogP contribution >= 0.6 is 0 Å². The number of carbonyl (C=O) groups is 2. The Balaban J connectivity index is 1.30. The van der Waals surface area contributed by atoms with E-state index < -0.39 is 29.1 Å². The van der Waals surface area contributed by atoms with Crippen LogP contribution in [0.25, 0.3) is 0 Å². The molecule has 2 heterocycles. The summed E-state index contributed by atoms with van der Waals surface area (Å²) >= 11 is 0. The molecule has 230 valence electrons. The average Bonchev–Trinajstić information content (AvgIpc) is 3.23. The van der Waals surface area contributed by atoms with Crippen LogP contribution < -0.4 is 10.6 Å². The quantitative estimate of drug-likeness (QED) is 0.304. The maximum absolute atomic E-state index is 12.5. The molecule has 0 spiro atoms. The second kappa shape index (κ2) is 12.8. The molecule has 2 aromatic rings. The average molecular weight is 582 g/mol. The highest BCUT2D eigenvalue weighted by atomic mass is 16.8. The van der Waals surface area contributed by atoms with Gasteiger partial charge in [-0.1, -0.05) is 36.4 Å². The van der Waals surface area contributed by atoms with Crippen molar-refractivity contribution in [2.75, 3.05) is 33.8 Å². The van der Waals surface area contributed by atoms with E-state index in [1.165, 1.54) is 0 Å². The van der Waals surface area contributed by atoms with Crippen molar-refractivity contribution in [2.45, 2.75) is 88.9 Å². The molecule has 0 aliphatic carbocycles. The molecule has 4 rings (SSSR count). The lowest BCUT2D eigenvalue weighted by molar-refractivity contribution is -0.296. The smallest absolute Gasteiger partial charge is 0.245 e. The third-order valence-corrected chi connectivity index (χ3v) is 8.29. The zero-order valence-electron chi connectivity index (χ0n) is 25.8. The van der Waals surface area contributed by atoms with Gasteiger partial charge in [0, 0.05) is 31.5 Å². The Hall–Kier alpha value is -2.82. The van der Waals surface area contributed by atoms with Gasteiger partial charge in [-0.2, -0.15) is 0 Å². The highest BCUT2D eigenvalue weighted by molar-refractivity contribution is 5.90. The number of nitrogens with one attached hydrogen (secondary N) is 2. The molecule has 2 aliphatic rings. The minimum atomic E-state index is -1.36. The van der Waals surface area contributed by atoms with Gasteiger partial charge in [-0.3, -0.25) is 9.59 Å². The predicted molar refractivity (Wildman–Crippen MR) is 161 cm³/mol. The number of fused-ring (bicyclic) bond motifs is 2. The minimum absolute atomic E-state index is 0.139. The van der Waals surface area contributed by atoms with E-state index in [4.69, 9.17) is 9.47 Å². The summed E-state index contributed by atoms with van der Waals surface area (Å²) in [6, 6.07) is 14.3. The molecule has 2 aromatic carbocycles. The van der Waals surface area contributed by atoms with Gasteiger partial charge in [0.1, 0.15) is 11.6 Å². The monoisotopic (exact) mass is 581 g/mol. The Kier molecular flexibility index (Phi) is 9.79. The molecule has 0 saturated carbocycles. The van der Waals surface area contributed by atoms with Crippen molar-refractivity contribution in [2.24, 2.45) is 0 Å². The summed E-state index contributed by atoms with van der Waals surface area (Å²) in [5.41, 5.74) is 3.60. The molecule has 4 atom stereocenters. The number of likely N-dealkylation sites (N-methyl/N-ethyl adjacent to an activating group) is 1. The molecule has 0 unspecified atom stereocenters. The molecule has 9 heteroatoms. The van der Waals surface area contributed by atoms with Gasteiger partial charge in [0.2, 0.25) is 17.6 Å². The summed E-state index contributed by atoms with van der Waals surface area (Å²) in [6.45, 7) is 8.98. The van der Waals surface area contributed by atoms with Gasteiger partial charge < -0.3 is 35.2 Å². The fourth-order valence-corrected chi connectivity index (χ4v) is 5.71. The Morgan fingerprint density at radius 2 is 1.79 bits per heavy atom. The first-order chi connectivity index (χ1) is 19.7. The summed E-state index contributed by atoms with van der Waals surface area (Å²) in [7, 11) is 3.89. The number of hydrogen-bond acceptors (Lipinski definition) is 7. The molecule has 2 bridgehead atoms. The molecular formula is C33H47N3O6. The fraction of sp³-hybridized carbons (Fsp3) is 0.576. The summed E-state index contributed by atoms with van der Waals surface area (Å²) in [4.78, 5) is 27.0. The zero-order valence-corrected chi connectivity index (χ0v) is 25.8. The number of benzene rings is 2. The standard InChI is InChI=1S/C33H47N3O6/c1-22-10-15-26(33-29(39)27(37)20-32(4,42-33)21-41-33)19-25(22)18-24-13-11-23(12-14-24)8-7-9-28(38)35-31(2,3)30(40)34-16-17-36(5)6/h10-15,19,27,29,37,39H,7-9,16-18,20-21H2,1-6H3,(H,34,40)(H,35,38)/t27-,29+,32+,33-/m0/s1. The van der Waals surface area contributed by atoms with Crippen LogP contribution in [-0.2, 0) is 37.7 Å². The van der Waals surface area contributed by atoms with Crippen molar-refractivity contribution >= 4 is 11.8 Å². The van der Waals surface area contributed by atoms with Crippen molar-refractivity contribution in [1.29, 1.82) is 0 Å². The van der Waals surface area contributed by atoms with E-state index in [9.17, 15) is 19.8 Å². The van der Waals surface area contributed by atoms with Crippen molar-refractivity contribution < 1.29 is 29.3 Å². The number of rotatable bonds is 12. The minimum Gasteiger partial charge on any atom is -0.390 e. The summed E-state index contributed by atoms with van der Waals surface area (Å²) in [5, 5.41) is 27.1. The highest BCUT2D eigenvalue weighted by Gasteiger charge is 2.61. The Morgan fingerprint density at radius 3 is 2.48 bits per heavy atom. The molecule has 0 radical (unpaired) electrons. The number of carbonyl (C=O) groups excluding carboxylic acids is 2. The predicted octanol–water partition coefficient (Wildman–Crippen LogP) is 2.56. The second-order valence-corrected chi connectivity index (χ2v) is 12.9. The lowest BCUT2D eigenvalue weighted by Crippen LogP contribution is -2.55. The van der Waals surface area contributed by atoms with E-state index in [1.807, 2.05) is 44.1 Å². The van der Waals surface area contributed by atoms with Crippen LogP contribution in [0.15, 0.2) is 42.5 Å². The normalized spacial score (nSPS) is 25.5. The van der Waals surface area contributed by atoms with Gasteiger partial charge in [-0.25, -0.2) is 0 Å².